The highest BCUT2D eigenvalue weighted by Gasteiger charge is 2.23. The van der Waals surface area contributed by atoms with Gasteiger partial charge in [-0.05, 0) is 55.9 Å². The molecule has 3 rings (SSSR count). The van der Waals surface area contributed by atoms with E-state index in [2.05, 4.69) is 33.6 Å². The minimum Gasteiger partial charge on any atom is -0.477 e. The first kappa shape index (κ1) is 37.5. The number of carbonyl (C=O) groups is 2. The zero-order valence-electron chi connectivity index (χ0n) is 27.4. The molecular formula is C34H52N4O8. The van der Waals surface area contributed by atoms with Crippen LogP contribution in [-0.4, -0.2) is 119 Å². The van der Waals surface area contributed by atoms with Crippen LogP contribution in [0.3, 0.4) is 0 Å². The number of aromatic carboxylic acids is 2. The van der Waals surface area contributed by atoms with E-state index in [1.807, 2.05) is 12.1 Å². The molecule has 2 aromatic rings. The third kappa shape index (κ3) is 13.8. The summed E-state index contributed by atoms with van der Waals surface area (Å²) in [6.07, 6.45) is 6.69. The lowest BCUT2D eigenvalue weighted by molar-refractivity contribution is 0.0133. The maximum absolute atomic E-state index is 11.5. The molecule has 0 bridgehead atoms. The highest BCUT2D eigenvalue weighted by molar-refractivity contribution is 5.85. The maximum Gasteiger partial charge on any atom is 0.354 e. The fourth-order valence-corrected chi connectivity index (χ4v) is 5.60. The van der Waals surface area contributed by atoms with Crippen LogP contribution in [0.25, 0.3) is 0 Å². The van der Waals surface area contributed by atoms with Crippen molar-refractivity contribution in [3.8, 4) is 0 Å². The molecule has 0 aromatic carbocycles. The topological polar surface area (TPSA) is 155 Å². The van der Waals surface area contributed by atoms with Gasteiger partial charge in [0.15, 0.2) is 0 Å². The Kier molecular flexibility index (Phi) is 17.1. The summed E-state index contributed by atoms with van der Waals surface area (Å²) in [5, 5.41) is 28.5. The maximum atomic E-state index is 11.5. The average Bonchev–Trinajstić information content (AvgIpc) is 3.56. The van der Waals surface area contributed by atoms with Gasteiger partial charge >= 0.3 is 11.9 Å². The average molecular weight is 645 g/mol. The first-order valence-electron chi connectivity index (χ1n) is 16.5. The van der Waals surface area contributed by atoms with E-state index in [1.54, 1.807) is 12.1 Å². The minimum absolute atomic E-state index is 0.00865. The zero-order valence-corrected chi connectivity index (χ0v) is 27.4. The first-order valence-corrected chi connectivity index (χ1v) is 16.5. The van der Waals surface area contributed by atoms with E-state index in [-0.39, 0.29) is 24.0 Å². The van der Waals surface area contributed by atoms with Crippen LogP contribution < -0.4 is 0 Å². The number of carboxylic acid groups (broad SMARTS) is 2. The lowest BCUT2D eigenvalue weighted by atomic mass is 9.99. The smallest absolute Gasteiger partial charge is 0.354 e. The molecule has 2 aromatic heterocycles. The summed E-state index contributed by atoms with van der Waals surface area (Å²) in [5.41, 5.74) is 1.41. The van der Waals surface area contributed by atoms with Crippen LogP contribution in [-0.2, 0) is 20.8 Å². The van der Waals surface area contributed by atoms with Crippen LogP contribution in [0.1, 0.15) is 90.8 Å². The molecule has 1 saturated carbocycles. The quantitative estimate of drug-likeness (QED) is 0.141. The number of hydrogen-bond donors (Lipinski definition) is 3. The molecule has 2 heterocycles. The van der Waals surface area contributed by atoms with Crippen LogP contribution in [0, 0.1) is 5.92 Å². The number of nitrogens with zero attached hydrogens (tertiary/aromatic N) is 4. The van der Waals surface area contributed by atoms with Crippen LogP contribution in [0.15, 0.2) is 36.4 Å². The van der Waals surface area contributed by atoms with Gasteiger partial charge in [-0.25, -0.2) is 19.6 Å². The summed E-state index contributed by atoms with van der Waals surface area (Å²) in [5.74, 6) is -1.64. The van der Waals surface area contributed by atoms with Crippen molar-refractivity contribution >= 4 is 11.9 Å². The molecule has 0 spiro atoms. The van der Waals surface area contributed by atoms with Crippen molar-refractivity contribution < 1.29 is 39.1 Å². The molecule has 12 nitrogen and oxygen atoms in total. The summed E-state index contributed by atoms with van der Waals surface area (Å²) in [6, 6.07) is 9.95. The fraction of sp³-hybridized carbons (Fsp3) is 0.647. The molecule has 46 heavy (non-hydrogen) atoms. The van der Waals surface area contributed by atoms with E-state index < -0.39 is 11.9 Å². The number of carboxylic acids is 2. The monoisotopic (exact) mass is 644 g/mol. The first-order chi connectivity index (χ1) is 22.3. The summed E-state index contributed by atoms with van der Waals surface area (Å²) in [6.45, 7) is 9.40. The molecule has 1 unspecified atom stereocenters. The van der Waals surface area contributed by atoms with Gasteiger partial charge in [-0.1, -0.05) is 38.8 Å². The molecule has 0 aliphatic heterocycles. The van der Waals surface area contributed by atoms with Crippen molar-refractivity contribution in [3.05, 3.63) is 59.2 Å². The van der Waals surface area contributed by atoms with E-state index in [1.165, 1.54) is 25.0 Å². The van der Waals surface area contributed by atoms with Crippen molar-refractivity contribution in [3.63, 3.8) is 0 Å². The molecule has 0 radical (unpaired) electrons. The number of ether oxygens (including phenoxy) is 3. The Bertz CT molecular complexity index is 1180. The summed E-state index contributed by atoms with van der Waals surface area (Å²) < 4.78 is 17.8. The van der Waals surface area contributed by atoms with E-state index in [0.717, 1.165) is 25.7 Å². The third-order valence-corrected chi connectivity index (χ3v) is 8.10. The van der Waals surface area contributed by atoms with Crippen LogP contribution in [0.2, 0.25) is 0 Å². The van der Waals surface area contributed by atoms with Crippen LogP contribution in [0.4, 0.5) is 0 Å². The number of aliphatic hydroxyl groups is 1. The van der Waals surface area contributed by atoms with Crippen molar-refractivity contribution in [2.45, 2.75) is 71.1 Å². The second kappa shape index (κ2) is 21.0. The van der Waals surface area contributed by atoms with Gasteiger partial charge in [-0.3, -0.25) is 9.80 Å². The molecule has 1 aliphatic rings. The van der Waals surface area contributed by atoms with Crippen molar-refractivity contribution in [1.29, 1.82) is 0 Å². The Morgan fingerprint density at radius 3 is 2.11 bits per heavy atom. The second-order valence-electron chi connectivity index (χ2n) is 12.1. The summed E-state index contributed by atoms with van der Waals surface area (Å²) in [7, 11) is 0. The molecule has 1 aliphatic carbocycles. The Morgan fingerprint density at radius 1 is 0.826 bits per heavy atom. The normalized spacial score (nSPS) is 14.5. The molecule has 3 N–H and O–H groups in total. The molecular weight excluding hydrogens is 592 g/mol. The standard InChI is InChI=1S/C34H52N4O8/c1-26(2)13-14-32(29-10-6-12-31(36-29)34(42)43)38(15-19-39)18-21-45-24-23-44-20-16-37(17-22-46-28-8-3-4-9-28)25-27-7-5-11-30(35-27)33(40)41/h5-7,10-12,26,28,32,39H,3-4,8-9,13-25H2,1-2H3,(H,40,41)(H,42,43). The Balaban J connectivity index is 1.45. The molecule has 1 fully saturated rings. The van der Waals surface area contributed by atoms with Gasteiger partial charge in [0.05, 0.1) is 63.2 Å². The SMILES string of the molecule is CC(C)CCC(c1cccc(C(=O)O)n1)N(CCO)CCOCCOCCN(CCOC1CCCC1)Cc1cccc(C(=O)O)n1. The van der Waals surface area contributed by atoms with Gasteiger partial charge in [0.2, 0.25) is 0 Å². The minimum atomic E-state index is -1.06. The molecule has 0 saturated heterocycles. The number of aliphatic hydroxyl groups excluding tert-OH is 1. The van der Waals surface area contributed by atoms with Gasteiger partial charge in [0.1, 0.15) is 11.4 Å². The predicted octanol–water partition coefficient (Wildman–Crippen LogP) is 4.14. The lowest BCUT2D eigenvalue weighted by Crippen LogP contribution is -2.35. The van der Waals surface area contributed by atoms with Gasteiger partial charge < -0.3 is 29.5 Å². The highest BCUT2D eigenvalue weighted by Crippen LogP contribution is 2.26. The Hall–Kier alpha value is -3.00. The van der Waals surface area contributed by atoms with Gasteiger partial charge in [-0.15, -0.1) is 0 Å². The van der Waals surface area contributed by atoms with Crippen molar-refractivity contribution in [2.75, 3.05) is 65.8 Å². The third-order valence-electron chi connectivity index (χ3n) is 8.10. The predicted molar refractivity (Wildman–Crippen MR) is 173 cm³/mol. The van der Waals surface area contributed by atoms with Gasteiger partial charge in [-0.2, -0.15) is 0 Å². The van der Waals surface area contributed by atoms with E-state index in [0.29, 0.717) is 89.2 Å². The molecule has 12 heteroatoms. The molecule has 0 amide bonds. The summed E-state index contributed by atoms with van der Waals surface area (Å²) >= 11 is 0. The Morgan fingerprint density at radius 2 is 1.46 bits per heavy atom. The Labute approximate surface area is 272 Å². The number of rotatable bonds is 24. The van der Waals surface area contributed by atoms with Gasteiger partial charge in [0.25, 0.3) is 0 Å². The van der Waals surface area contributed by atoms with E-state index in [9.17, 15) is 24.9 Å². The van der Waals surface area contributed by atoms with E-state index >= 15 is 0 Å². The number of pyridine rings is 2. The van der Waals surface area contributed by atoms with Crippen molar-refractivity contribution in [1.82, 2.24) is 19.8 Å². The molecule has 256 valence electrons. The van der Waals surface area contributed by atoms with Gasteiger partial charge in [0, 0.05) is 32.7 Å². The largest absolute Gasteiger partial charge is 0.477 e. The zero-order chi connectivity index (χ0) is 33.1. The van der Waals surface area contributed by atoms with Crippen LogP contribution in [0.5, 0.6) is 0 Å². The highest BCUT2D eigenvalue weighted by atomic mass is 16.5. The lowest BCUT2D eigenvalue weighted by Gasteiger charge is -2.31. The van der Waals surface area contributed by atoms with Crippen LogP contribution >= 0.6 is 0 Å². The number of aromatic nitrogens is 2. The molecule has 1 atom stereocenters. The van der Waals surface area contributed by atoms with Crippen molar-refractivity contribution in [2.24, 2.45) is 5.92 Å². The van der Waals surface area contributed by atoms with E-state index in [4.69, 9.17) is 14.2 Å². The summed E-state index contributed by atoms with van der Waals surface area (Å²) in [4.78, 5) is 35.8. The number of hydrogen-bond acceptors (Lipinski definition) is 10. The fourth-order valence-electron chi connectivity index (χ4n) is 5.60. The second-order valence-corrected chi connectivity index (χ2v) is 12.1.